The Balaban J connectivity index is 1.84. The van der Waals surface area contributed by atoms with Gasteiger partial charge in [0.15, 0.2) is 0 Å². The molecule has 0 bridgehead atoms. The first-order chi connectivity index (χ1) is 12.3. The lowest BCUT2D eigenvalue weighted by atomic mass is 10.3. The molecule has 26 heavy (non-hydrogen) atoms. The number of likely N-dealkylation sites (N-methyl/N-ethyl adjacent to an activating group) is 1. The van der Waals surface area contributed by atoms with Crippen LogP contribution >= 0.6 is 23.4 Å². The number of aromatic nitrogens is 4. The van der Waals surface area contributed by atoms with Crippen LogP contribution in [0.3, 0.4) is 0 Å². The minimum absolute atomic E-state index is 0.371. The zero-order chi connectivity index (χ0) is 18.8. The summed E-state index contributed by atoms with van der Waals surface area (Å²) in [5.74, 6) is 1.57. The third-order valence-corrected chi connectivity index (χ3v) is 4.77. The molecule has 2 N–H and O–H groups in total. The molecule has 0 saturated heterocycles. The molecule has 1 atom stereocenters. The maximum absolute atomic E-state index is 6.35. The smallest absolute Gasteiger partial charge is 0.231 e. The second-order valence-electron chi connectivity index (χ2n) is 6.36. The molecule has 3 rings (SSSR count). The summed E-state index contributed by atoms with van der Waals surface area (Å²) in [7, 11) is 4.08. The van der Waals surface area contributed by atoms with Crippen molar-refractivity contribution in [2.75, 3.05) is 31.3 Å². The molecule has 7 nitrogen and oxygen atoms in total. The highest BCUT2D eigenvalue weighted by molar-refractivity contribution is 6.35. The molecule has 1 unspecified atom stereocenters. The van der Waals surface area contributed by atoms with E-state index in [0.717, 1.165) is 18.1 Å². The van der Waals surface area contributed by atoms with Gasteiger partial charge in [-0.25, -0.2) is 14.1 Å². The van der Waals surface area contributed by atoms with Crippen molar-refractivity contribution in [2.24, 2.45) is 0 Å². The zero-order valence-electron chi connectivity index (χ0n) is 15.1. The molecule has 3 aromatic rings. The van der Waals surface area contributed by atoms with Gasteiger partial charge in [-0.3, -0.25) is 5.32 Å². The van der Waals surface area contributed by atoms with Gasteiger partial charge in [-0.1, -0.05) is 17.7 Å². The van der Waals surface area contributed by atoms with Gasteiger partial charge < -0.3 is 10.2 Å². The highest BCUT2D eigenvalue weighted by atomic mass is 35.5. The Morgan fingerprint density at radius 1 is 1.23 bits per heavy atom. The summed E-state index contributed by atoms with van der Waals surface area (Å²) in [4.78, 5) is 15.5. The number of hydrogen-bond donors (Lipinski definition) is 2. The predicted molar refractivity (Wildman–Crippen MR) is 108 cm³/mol. The van der Waals surface area contributed by atoms with Gasteiger partial charge in [-0.2, -0.15) is 4.98 Å². The van der Waals surface area contributed by atoms with E-state index in [4.69, 9.17) is 23.4 Å². The number of halogens is 2. The van der Waals surface area contributed by atoms with E-state index >= 15 is 0 Å². The molecule has 0 aliphatic rings. The number of aryl methyl sites for hydroxylation is 1. The lowest BCUT2D eigenvalue weighted by Gasteiger charge is -2.20. The Labute approximate surface area is 162 Å². The zero-order valence-corrected chi connectivity index (χ0v) is 16.6. The van der Waals surface area contributed by atoms with Gasteiger partial charge in [0, 0.05) is 36.1 Å². The first-order valence-electron chi connectivity index (χ1n) is 8.21. The van der Waals surface area contributed by atoms with Gasteiger partial charge in [0.25, 0.3) is 0 Å². The average molecular weight is 394 g/mol. The van der Waals surface area contributed by atoms with Crippen LogP contribution in [0, 0.1) is 6.92 Å². The molecule has 0 amide bonds. The van der Waals surface area contributed by atoms with Crippen LogP contribution in [-0.4, -0.2) is 50.6 Å². The summed E-state index contributed by atoms with van der Waals surface area (Å²) in [6, 6.07) is 7.71. The number of hydrogen-bond acceptors (Lipinski definition) is 6. The maximum atomic E-state index is 6.35. The van der Waals surface area contributed by atoms with Crippen molar-refractivity contribution in [3.05, 3.63) is 35.0 Å². The van der Waals surface area contributed by atoms with Crippen molar-refractivity contribution in [1.29, 1.82) is 0 Å². The van der Waals surface area contributed by atoms with Gasteiger partial charge >= 0.3 is 0 Å². The van der Waals surface area contributed by atoms with Crippen molar-refractivity contribution < 1.29 is 0 Å². The lowest BCUT2D eigenvalue weighted by molar-refractivity contribution is 0.326. The second kappa shape index (κ2) is 7.65. The number of para-hydroxylation sites is 1. The topological polar surface area (TPSA) is 70.9 Å². The Morgan fingerprint density at radius 2 is 2.00 bits per heavy atom. The van der Waals surface area contributed by atoms with Gasteiger partial charge in [0.05, 0.1) is 10.5 Å². The van der Waals surface area contributed by atoms with E-state index in [2.05, 4.69) is 37.4 Å². The largest absolute Gasteiger partial charge is 0.368 e. The summed E-state index contributed by atoms with van der Waals surface area (Å²) in [5.41, 5.74) is 2.17. The summed E-state index contributed by atoms with van der Waals surface area (Å²) < 4.78 is 1.41. The molecule has 0 radical (unpaired) electrons. The van der Waals surface area contributed by atoms with Crippen molar-refractivity contribution in [2.45, 2.75) is 19.9 Å². The Bertz CT molecular complexity index is 923. The van der Waals surface area contributed by atoms with Crippen LogP contribution in [0.4, 0.5) is 17.7 Å². The first kappa shape index (κ1) is 18.7. The fourth-order valence-corrected chi connectivity index (χ4v) is 2.79. The molecule has 2 heterocycles. The molecule has 0 spiro atoms. The van der Waals surface area contributed by atoms with E-state index < -0.39 is 0 Å². The van der Waals surface area contributed by atoms with E-state index in [1.54, 1.807) is 6.07 Å². The lowest BCUT2D eigenvalue weighted by Crippen LogP contribution is -2.31. The second-order valence-corrected chi connectivity index (χ2v) is 7.11. The maximum Gasteiger partial charge on any atom is 0.231 e. The van der Waals surface area contributed by atoms with Crippen LogP contribution in [0.2, 0.25) is 5.02 Å². The minimum atomic E-state index is 0.371. The van der Waals surface area contributed by atoms with Crippen molar-refractivity contribution in [1.82, 2.24) is 23.9 Å². The Kier molecular flexibility index (Phi) is 5.50. The summed E-state index contributed by atoms with van der Waals surface area (Å²) in [6.45, 7) is 4.82. The third-order valence-electron chi connectivity index (χ3n) is 4.12. The van der Waals surface area contributed by atoms with Gasteiger partial charge in [0.2, 0.25) is 11.9 Å². The van der Waals surface area contributed by atoms with Crippen LogP contribution < -0.4 is 10.6 Å². The molecule has 9 heteroatoms. The monoisotopic (exact) mass is 393 g/mol. The van der Waals surface area contributed by atoms with Gasteiger partial charge in [0.1, 0.15) is 11.3 Å². The molecule has 0 aliphatic carbocycles. The van der Waals surface area contributed by atoms with Crippen molar-refractivity contribution in [3.63, 3.8) is 0 Å². The summed E-state index contributed by atoms with van der Waals surface area (Å²) >= 11 is 12.5. The molecule has 1 aromatic carbocycles. The fraction of sp³-hybridized carbons (Fsp3) is 0.353. The normalized spacial score (nSPS) is 12.6. The SMILES string of the molecule is Cc1cc(NCC(C)N(C)C)nc(Nc2nc3c(Cl)cccc3n2Cl)n1. The number of anilines is 3. The minimum Gasteiger partial charge on any atom is -0.368 e. The molecule has 0 fully saturated rings. The van der Waals surface area contributed by atoms with E-state index in [-0.39, 0.29) is 0 Å². The molecule has 0 aliphatic heterocycles. The molecular formula is C17H21Cl2N7. The third kappa shape index (κ3) is 4.00. The molecule has 2 aromatic heterocycles. The number of nitrogens with one attached hydrogen (secondary N) is 2. The average Bonchev–Trinajstić information content (AvgIpc) is 2.90. The number of rotatable bonds is 6. The Morgan fingerprint density at radius 3 is 2.69 bits per heavy atom. The van der Waals surface area contributed by atoms with E-state index in [0.29, 0.717) is 34.0 Å². The number of benzene rings is 1. The predicted octanol–water partition coefficient (Wildman–Crippen LogP) is 3.90. The molecule has 0 saturated carbocycles. The van der Waals surface area contributed by atoms with Gasteiger partial charge in [-0.15, -0.1) is 0 Å². The van der Waals surface area contributed by atoms with E-state index in [1.165, 1.54) is 4.09 Å². The molecular weight excluding hydrogens is 373 g/mol. The first-order valence-corrected chi connectivity index (χ1v) is 8.93. The standard InChI is InChI=1S/C17H21Cl2N7/c1-10-8-14(20-9-11(2)25(3)4)22-16(21-10)24-17-23-15-12(18)6-5-7-13(15)26(17)19/h5-8,11H,9H2,1-4H3,(H2,20,21,22,23,24). The van der Waals surface area contributed by atoms with E-state index in [1.807, 2.05) is 39.2 Å². The van der Waals surface area contributed by atoms with Crippen LogP contribution in [0.15, 0.2) is 24.3 Å². The molecule has 138 valence electrons. The quantitative estimate of drug-likeness (QED) is 0.661. The van der Waals surface area contributed by atoms with Crippen LogP contribution in [0.5, 0.6) is 0 Å². The van der Waals surface area contributed by atoms with Crippen molar-refractivity contribution >= 4 is 52.1 Å². The van der Waals surface area contributed by atoms with Crippen LogP contribution in [0.25, 0.3) is 11.0 Å². The summed E-state index contributed by atoms with van der Waals surface area (Å²) in [5, 5.41) is 6.94. The Hall–Kier alpha value is -2.09. The summed E-state index contributed by atoms with van der Waals surface area (Å²) in [6.07, 6.45) is 0. The van der Waals surface area contributed by atoms with E-state index in [9.17, 15) is 0 Å². The fourth-order valence-electron chi connectivity index (χ4n) is 2.36. The van der Waals surface area contributed by atoms with Gasteiger partial charge in [-0.05, 0) is 40.1 Å². The van der Waals surface area contributed by atoms with Crippen molar-refractivity contribution in [3.8, 4) is 0 Å². The highest BCUT2D eigenvalue weighted by Crippen LogP contribution is 2.28. The van der Waals surface area contributed by atoms with Crippen LogP contribution in [0.1, 0.15) is 12.6 Å². The number of imidazole rings is 1. The number of fused-ring (bicyclic) bond motifs is 1. The number of nitrogens with zero attached hydrogens (tertiary/aromatic N) is 5. The highest BCUT2D eigenvalue weighted by Gasteiger charge is 2.14. The van der Waals surface area contributed by atoms with Crippen LogP contribution in [-0.2, 0) is 0 Å².